The summed E-state index contributed by atoms with van der Waals surface area (Å²) < 4.78 is 0. The molecule has 0 aliphatic carbocycles. The normalized spacial score (nSPS) is 10.1. The molecule has 6 heteroatoms. The maximum absolute atomic E-state index is 12.1. The first-order valence-electron chi connectivity index (χ1n) is 6.98. The number of amides is 2. The predicted molar refractivity (Wildman–Crippen MR) is 84.5 cm³/mol. The highest BCUT2D eigenvalue weighted by Crippen LogP contribution is 2.16. The van der Waals surface area contributed by atoms with Crippen LogP contribution in [0.3, 0.4) is 0 Å². The molecule has 22 heavy (non-hydrogen) atoms. The van der Waals surface area contributed by atoms with Crippen LogP contribution in [0.5, 0.6) is 0 Å². The summed E-state index contributed by atoms with van der Waals surface area (Å²) in [5, 5.41) is 5.45. The van der Waals surface area contributed by atoms with Crippen molar-refractivity contribution in [2.75, 3.05) is 11.9 Å². The molecule has 0 unspecified atom stereocenters. The second-order valence-corrected chi connectivity index (χ2v) is 4.65. The topological polar surface area (TPSA) is 97.1 Å². The van der Waals surface area contributed by atoms with Gasteiger partial charge >= 0.3 is 0 Å². The molecule has 0 radical (unpaired) electrons. The van der Waals surface area contributed by atoms with E-state index in [0.29, 0.717) is 23.5 Å². The Balaban J connectivity index is 2.25. The average Bonchev–Trinajstić information content (AvgIpc) is 2.55. The number of nitrogens with zero attached hydrogens (tertiary/aromatic N) is 1. The summed E-state index contributed by atoms with van der Waals surface area (Å²) in [6.45, 7) is 2.65. The quantitative estimate of drug-likeness (QED) is 0.780. The fraction of sp³-hybridized carbons (Fsp3) is 0.188. The minimum atomic E-state index is -0.336. The van der Waals surface area contributed by atoms with Crippen LogP contribution in [-0.4, -0.2) is 23.3 Å². The zero-order chi connectivity index (χ0) is 15.9. The lowest BCUT2D eigenvalue weighted by atomic mass is 10.1. The second kappa shape index (κ2) is 7.33. The van der Waals surface area contributed by atoms with Gasteiger partial charge in [-0.25, -0.2) is 0 Å². The van der Waals surface area contributed by atoms with Crippen molar-refractivity contribution in [1.29, 1.82) is 0 Å². The molecule has 2 rings (SSSR count). The largest absolute Gasteiger partial charge is 0.352 e. The molecule has 0 spiro atoms. The van der Waals surface area contributed by atoms with Crippen LogP contribution in [0, 0.1) is 0 Å². The summed E-state index contributed by atoms with van der Waals surface area (Å²) >= 11 is 0. The third kappa shape index (κ3) is 3.89. The van der Waals surface area contributed by atoms with Crippen LogP contribution >= 0.6 is 0 Å². The van der Waals surface area contributed by atoms with Crippen LogP contribution in [-0.2, 0) is 6.54 Å². The number of hydrogen-bond donors (Lipinski definition) is 3. The standard InChI is InChI=1S/C16H18N4O2/c1-2-18-15(21)12-7-11(10-17)8-13(9-12)20-16(22)14-5-3-4-6-19-14/h3-9H,2,10,17H2,1H3,(H,18,21)(H,20,22). The number of carbonyl (C=O) groups excluding carboxylic acids is 2. The number of nitrogens with one attached hydrogen (secondary N) is 2. The highest BCUT2D eigenvalue weighted by molar-refractivity contribution is 6.04. The van der Waals surface area contributed by atoms with E-state index in [2.05, 4.69) is 15.6 Å². The fourth-order valence-electron chi connectivity index (χ4n) is 1.97. The van der Waals surface area contributed by atoms with Gasteiger partial charge in [0.2, 0.25) is 0 Å². The van der Waals surface area contributed by atoms with E-state index in [1.807, 2.05) is 6.92 Å². The van der Waals surface area contributed by atoms with Gasteiger partial charge in [-0.3, -0.25) is 14.6 Å². The Labute approximate surface area is 128 Å². The molecule has 2 amide bonds. The first kappa shape index (κ1) is 15.7. The lowest BCUT2D eigenvalue weighted by Gasteiger charge is -2.10. The first-order chi connectivity index (χ1) is 10.6. The Kier molecular flexibility index (Phi) is 5.21. The van der Waals surface area contributed by atoms with Crippen molar-refractivity contribution in [1.82, 2.24) is 10.3 Å². The molecular formula is C16H18N4O2. The number of benzene rings is 1. The molecule has 114 valence electrons. The van der Waals surface area contributed by atoms with E-state index in [0.717, 1.165) is 5.56 Å². The van der Waals surface area contributed by atoms with Gasteiger partial charge in [0.05, 0.1) is 0 Å². The van der Waals surface area contributed by atoms with Crippen LogP contribution in [0.2, 0.25) is 0 Å². The molecule has 0 saturated heterocycles. The lowest BCUT2D eigenvalue weighted by molar-refractivity contribution is 0.0954. The Hall–Kier alpha value is -2.73. The van der Waals surface area contributed by atoms with Gasteiger partial charge in [-0.05, 0) is 42.8 Å². The lowest BCUT2D eigenvalue weighted by Crippen LogP contribution is -2.23. The summed E-state index contributed by atoms with van der Waals surface area (Å²) in [5.41, 5.74) is 7.69. The summed E-state index contributed by atoms with van der Waals surface area (Å²) in [6, 6.07) is 10.2. The molecule has 0 bridgehead atoms. The third-order valence-corrected chi connectivity index (χ3v) is 2.98. The number of rotatable bonds is 5. The molecular weight excluding hydrogens is 280 g/mol. The van der Waals surface area contributed by atoms with E-state index in [1.54, 1.807) is 42.6 Å². The molecule has 0 aliphatic heterocycles. The molecule has 2 aromatic rings. The van der Waals surface area contributed by atoms with Gasteiger partial charge in [-0.1, -0.05) is 6.07 Å². The Bertz CT molecular complexity index is 671. The monoisotopic (exact) mass is 298 g/mol. The van der Waals surface area contributed by atoms with Crippen LogP contribution in [0.25, 0.3) is 0 Å². The van der Waals surface area contributed by atoms with Crippen LogP contribution in [0.15, 0.2) is 42.6 Å². The van der Waals surface area contributed by atoms with Crippen molar-refractivity contribution in [3.05, 3.63) is 59.4 Å². The number of carbonyl (C=O) groups is 2. The maximum atomic E-state index is 12.1. The molecule has 0 fully saturated rings. The Morgan fingerprint density at radius 2 is 2.00 bits per heavy atom. The van der Waals surface area contributed by atoms with Crippen molar-refractivity contribution >= 4 is 17.5 Å². The molecule has 0 atom stereocenters. The molecule has 6 nitrogen and oxygen atoms in total. The van der Waals surface area contributed by atoms with Crippen LogP contribution in [0.4, 0.5) is 5.69 Å². The fourth-order valence-corrected chi connectivity index (χ4v) is 1.97. The average molecular weight is 298 g/mol. The van der Waals surface area contributed by atoms with Gasteiger partial charge in [-0.15, -0.1) is 0 Å². The predicted octanol–water partition coefficient (Wildman–Crippen LogP) is 1.54. The van der Waals surface area contributed by atoms with Crippen molar-refractivity contribution in [3.63, 3.8) is 0 Å². The van der Waals surface area contributed by atoms with E-state index < -0.39 is 0 Å². The van der Waals surface area contributed by atoms with E-state index >= 15 is 0 Å². The van der Waals surface area contributed by atoms with Crippen LogP contribution < -0.4 is 16.4 Å². The molecule has 1 aromatic heterocycles. The van der Waals surface area contributed by atoms with E-state index in [9.17, 15) is 9.59 Å². The zero-order valence-corrected chi connectivity index (χ0v) is 12.3. The highest BCUT2D eigenvalue weighted by atomic mass is 16.2. The summed E-state index contributed by atoms with van der Waals surface area (Å²) in [5.74, 6) is -0.539. The number of aromatic nitrogens is 1. The highest BCUT2D eigenvalue weighted by Gasteiger charge is 2.11. The Morgan fingerprint density at radius 1 is 1.18 bits per heavy atom. The van der Waals surface area contributed by atoms with Crippen molar-refractivity contribution in [2.45, 2.75) is 13.5 Å². The van der Waals surface area contributed by atoms with Crippen molar-refractivity contribution in [2.24, 2.45) is 5.73 Å². The van der Waals surface area contributed by atoms with Gasteiger partial charge in [-0.2, -0.15) is 0 Å². The van der Waals surface area contributed by atoms with E-state index in [-0.39, 0.29) is 18.4 Å². The SMILES string of the molecule is CCNC(=O)c1cc(CN)cc(NC(=O)c2ccccn2)c1. The number of hydrogen-bond acceptors (Lipinski definition) is 4. The zero-order valence-electron chi connectivity index (χ0n) is 12.3. The second-order valence-electron chi connectivity index (χ2n) is 4.65. The molecule has 0 aliphatic rings. The van der Waals surface area contributed by atoms with Crippen molar-refractivity contribution < 1.29 is 9.59 Å². The van der Waals surface area contributed by atoms with Gasteiger partial charge in [0.1, 0.15) is 5.69 Å². The van der Waals surface area contributed by atoms with E-state index in [1.165, 1.54) is 0 Å². The van der Waals surface area contributed by atoms with E-state index in [4.69, 9.17) is 5.73 Å². The first-order valence-corrected chi connectivity index (χ1v) is 6.98. The summed E-state index contributed by atoms with van der Waals surface area (Å²) in [4.78, 5) is 28.0. The summed E-state index contributed by atoms with van der Waals surface area (Å²) in [7, 11) is 0. The Morgan fingerprint density at radius 3 is 2.64 bits per heavy atom. The number of pyridine rings is 1. The number of anilines is 1. The number of nitrogens with two attached hydrogens (primary N) is 1. The smallest absolute Gasteiger partial charge is 0.274 e. The van der Waals surface area contributed by atoms with Crippen molar-refractivity contribution in [3.8, 4) is 0 Å². The van der Waals surface area contributed by atoms with Gasteiger partial charge < -0.3 is 16.4 Å². The van der Waals surface area contributed by atoms with Gasteiger partial charge in [0.25, 0.3) is 11.8 Å². The summed E-state index contributed by atoms with van der Waals surface area (Å²) in [6.07, 6.45) is 1.55. The molecule has 0 saturated carbocycles. The van der Waals surface area contributed by atoms with Gasteiger partial charge in [0.15, 0.2) is 0 Å². The third-order valence-electron chi connectivity index (χ3n) is 2.98. The van der Waals surface area contributed by atoms with Crippen LogP contribution in [0.1, 0.15) is 33.3 Å². The maximum Gasteiger partial charge on any atom is 0.274 e. The molecule has 1 aromatic carbocycles. The minimum Gasteiger partial charge on any atom is -0.352 e. The molecule has 1 heterocycles. The van der Waals surface area contributed by atoms with Gasteiger partial charge in [0, 0.05) is 30.5 Å². The molecule has 4 N–H and O–H groups in total. The minimum absolute atomic E-state index is 0.203.